The quantitative estimate of drug-likeness (QED) is 0.733. The average molecular weight is 254 g/mol. The Hall–Kier alpha value is -0.570. The first-order valence-electron chi connectivity index (χ1n) is 7.70. The van der Waals surface area contributed by atoms with Crippen molar-refractivity contribution in [3.8, 4) is 0 Å². The Morgan fingerprint density at radius 1 is 1.44 bits per heavy atom. The van der Waals surface area contributed by atoms with Gasteiger partial charge in [0.2, 0.25) is 5.91 Å². The maximum absolute atomic E-state index is 12.1. The monoisotopic (exact) mass is 254 g/mol. The highest BCUT2D eigenvalue weighted by Crippen LogP contribution is 2.16. The van der Waals surface area contributed by atoms with Crippen molar-refractivity contribution in [3.63, 3.8) is 0 Å². The second-order valence-electron chi connectivity index (χ2n) is 5.71. The van der Waals surface area contributed by atoms with Crippen LogP contribution in [0.25, 0.3) is 0 Å². The Morgan fingerprint density at radius 3 is 2.83 bits per heavy atom. The number of amides is 1. The van der Waals surface area contributed by atoms with Crippen LogP contribution in [0.3, 0.4) is 0 Å². The third-order valence-corrected chi connectivity index (χ3v) is 4.16. The maximum atomic E-state index is 12.1. The van der Waals surface area contributed by atoms with E-state index in [2.05, 4.69) is 31.4 Å². The fourth-order valence-corrected chi connectivity index (χ4v) is 2.70. The minimum absolute atomic E-state index is 0.0300. The van der Waals surface area contributed by atoms with Gasteiger partial charge in [0, 0.05) is 6.54 Å². The maximum Gasteiger partial charge on any atom is 0.237 e. The summed E-state index contributed by atoms with van der Waals surface area (Å²) in [4.78, 5) is 12.1. The summed E-state index contributed by atoms with van der Waals surface area (Å²) in [5.41, 5.74) is 0. The van der Waals surface area contributed by atoms with E-state index >= 15 is 0 Å². The zero-order chi connectivity index (χ0) is 13.4. The smallest absolute Gasteiger partial charge is 0.237 e. The molecule has 0 aromatic heterocycles. The van der Waals surface area contributed by atoms with Crippen molar-refractivity contribution in [2.75, 3.05) is 13.1 Å². The Labute approximate surface area is 112 Å². The summed E-state index contributed by atoms with van der Waals surface area (Å²) in [6, 6.07) is 0.0300. The number of piperidine rings is 1. The van der Waals surface area contributed by atoms with E-state index in [0.717, 1.165) is 25.9 Å². The van der Waals surface area contributed by atoms with E-state index in [1.165, 1.54) is 25.7 Å². The van der Waals surface area contributed by atoms with E-state index in [-0.39, 0.29) is 11.9 Å². The van der Waals surface area contributed by atoms with Gasteiger partial charge in [-0.15, -0.1) is 0 Å². The number of carbonyl (C=O) groups is 1. The predicted molar refractivity (Wildman–Crippen MR) is 76.5 cm³/mol. The Morgan fingerprint density at radius 2 is 2.22 bits per heavy atom. The Balaban J connectivity index is 2.29. The molecule has 1 saturated heterocycles. The summed E-state index contributed by atoms with van der Waals surface area (Å²) in [6.07, 6.45) is 7.27. The molecule has 0 radical (unpaired) electrons. The van der Waals surface area contributed by atoms with Gasteiger partial charge >= 0.3 is 0 Å². The zero-order valence-corrected chi connectivity index (χ0v) is 12.3. The third kappa shape index (κ3) is 4.97. The Kier molecular flexibility index (Phi) is 7.33. The lowest BCUT2D eigenvalue weighted by molar-refractivity contribution is -0.125. The van der Waals surface area contributed by atoms with Crippen molar-refractivity contribution in [1.82, 2.24) is 10.6 Å². The van der Waals surface area contributed by atoms with Gasteiger partial charge in [0.1, 0.15) is 0 Å². The molecule has 106 valence electrons. The first-order chi connectivity index (χ1) is 8.69. The standard InChI is InChI=1S/C15H30N2O/c1-4-6-9-13(5-2)11-17-15(18)14-12(3)8-7-10-16-14/h12-14,16H,4-11H2,1-3H3,(H,17,18). The minimum Gasteiger partial charge on any atom is -0.354 e. The normalized spacial score (nSPS) is 25.7. The Bertz CT molecular complexity index is 243. The number of hydrogen-bond acceptors (Lipinski definition) is 2. The van der Waals surface area contributed by atoms with E-state index < -0.39 is 0 Å². The number of nitrogens with one attached hydrogen (secondary N) is 2. The molecular weight excluding hydrogens is 224 g/mol. The van der Waals surface area contributed by atoms with Crippen molar-refractivity contribution in [2.45, 2.75) is 65.3 Å². The molecule has 0 bridgehead atoms. The molecule has 3 nitrogen and oxygen atoms in total. The largest absolute Gasteiger partial charge is 0.354 e. The fraction of sp³-hybridized carbons (Fsp3) is 0.933. The van der Waals surface area contributed by atoms with Crippen LogP contribution in [0.15, 0.2) is 0 Å². The average Bonchev–Trinajstić information content (AvgIpc) is 2.39. The number of unbranched alkanes of at least 4 members (excludes halogenated alkanes) is 1. The lowest BCUT2D eigenvalue weighted by Gasteiger charge is -2.29. The van der Waals surface area contributed by atoms with Crippen LogP contribution in [0, 0.1) is 11.8 Å². The van der Waals surface area contributed by atoms with Crippen LogP contribution >= 0.6 is 0 Å². The number of rotatable bonds is 7. The van der Waals surface area contributed by atoms with Gasteiger partial charge in [-0.3, -0.25) is 4.79 Å². The fourth-order valence-electron chi connectivity index (χ4n) is 2.70. The number of hydrogen-bond donors (Lipinski definition) is 2. The summed E-state index contributed by atoms with van der Waals surface area (Å²) >= 11 is 0. The van der Waals surface area contributed by atoms with E-state index in [4.69, 9.17) is 0 Å². The van der Waals surface area contributed by atoms with Crippen LogP contribution in [0.2, 0.25) is 0 Å². The lowest BCUT2D eigenvalue weighted by atomic mass is 9.92. The molecule has 1 rings (SSSR count). The van der Waals surface area contributed by atoms with Gasteiger partial charge in [0.25, 0.3) is 0 Å². The molecule has 2 N–H and O–H groups in total. The molecule has 1 heterocycles. The lowest BCUT2D eigenvalue weighted by Crippen LogP contribution is -2.51. The van der Waals surface area contributed by atoms with Gasteiger partial charge in [-0.25, -0.2) is 0 Å². The molecule has 0 aliphatic carbocycles. The van der Waals surface area contributed by atoms with Crippen LogP contribution in [0.5, 0.6) is 0 Å². The predicted octanol–water partition coefficient (Wildman–Crippen LogP) is 2.71. The highest BCUT2D eigenvalue weighted by atomic mass is 16.2. The highest BCUT2D eigenvalue weighted by Gasteiger charge is 2.27. The molecule has 0 aromatic carbocycles. The highest BCUT2D eigenvalue weighted by molar-refractivity contribution is 5.82. The molecule has 3 unspecified atom stereocenters. The first-order valence-corrected chi connectivity index (χ1v) is 7.70. The molecule has 1 fully saturated rings. The van der Waals surface area contributed by atoms with Gasteiger partial charge in [-0.1, -0.05) is 40.0 Å². The van der Waals surface area contributed by atoms with Crippen LogP contribution in [-0.2, 0) is 4.79 Å². The molecule has 0 aromatic rings. The molecule has 3 atom stereocenters. The van der Waals surface area contributed by atoms with Gasteiger partial charge in [0.05, 0.1) is 6.04 Å². The molecule has 1 aliphatic rings. The molecule has 1 amide bonds. The zero-order valence-electron chi connectivity index (χ0n) is 12.3. The molecule has 1 aliphatic heterocycles. The molecule has 3 heteroatoms. The van der Waals surface area contributed by atoms with Crippen molar-refractivity contribution < 1.29 is 4.79 Å². The van der Waals surface area contributed by atoms with Crippen molar-refractivity contribution in [2.24, 2.45) is 11.8 Å². The van der Waals surface area contributed by atoms with E-state index in [1.54, 1.807) is 0 Å². The van der Waals surface area contributed by atoms with Gasteiger partial charge in [-0.2, -0.15) is 0 Å². The third-order valence-electron chi connectivity index (χ3n) is 4.16. The molecule has 0 saturated carbocycles. The van der Waals surface area contributed by atoms with Gasteiger partial charge in [-0.05, 0) is 37.6 Å². The van der Waals surface area contributed by atoms with Gasteiger partial charge in [0.15, 0.2) is 0 Å². The molecule has 18 heavy (non-hydrogen) atoms. The topological polar surface area (TPSA) is 41.1 Å². The molecule has 0 spiro atoms. The van der Waals surface area contributed by atoms with Gasteiger partial charge < -0.3 is 10.6 Å². The van der Waals surface area contributed by atoms with Crippen LogP contribution < -0.4 is 10.6 Å². The van der Waals surface area contributed by atoms with Crippen molar-refractivity contribution in [1.29, 1.82) is 0 Å². The second-order valence-corrected chi connectivity index (χ2v) is 5.71. The summed E-state index contributed by atoms with van der Waals surface area (Å²) < 4.78 is 0. The first kappa shape index (κ1) is 15.5. The molecular formula is C15H30N2O. The van der Waals surface area contributed by atoms with E-state index in [9.17, 15) is 4.79 Å². The summed E-state index contributed by atoms with van der Waals surface area (Å²) in [5, 5.41) is 6.48. The summed E-state index contributed by atoms with van der Waals surface area (Å²) in [6.45, 7) is 8.44. The van der Waals surface area contributed by atoms with E-state index in [1.807, 2.05) is 0 Å². The van der Waals surface area contributed by atoms with Crippen LogP contribution in [0.1, 0.15) is 59.3 Å². The van der Waals surface area contributed by atoms with E-state index in [0.29, 0.717) is 11.8 Å². The van der Waals surface area contributed by atoms with Crippen molar-refractivity contribution >= 4 is 5.91 Å². The van der Waals surface area contributed by atoms with Crippen LogP contribution in [0.4, 0.5) is 0 Å². The number of carbonyl (C=O) groups excluding carboxylic acids is 1. The SMILES string of the molecule is CCCCC(CC)CNC(=O)C1NCCCC1C. The summed E-state index contributed by atoms with van der Waals surface area (Å²) in [7, 11) is 0. The second kappa shape index (κ2) is 8.52. The summed E-state index contributed by atoms with van der Waals surface area (Å²) in [5.74, 6) is 1.32. The minimum atomic E-state index is 0.0300. The van der Waals surface area contributed by atoms with Crippen molar-refractivity contribution in [3.05, 3.63) is 0 Å². The van der Waals surface area contributed by atoms with Crippen LogP contribution in [-0.4, -0.2) is 25.0 Å².